The second-order valence-electron chi connectivity index (χ2n) is 5.16. The van der Waals surface area contributed by atoms with E-state index in [0.29, 0.717) is 12.5 Å². The highest BCUT2D eigenvalue weighted by molar-refractivity contribution is 7.90. The van der Waals surface area contributed by atoms with E-state index in [9.17, 15) is 13.2 Å². The minimum Gasteiger partial charge on any atom is -0.464 e. The van der Waals surface area contributed by atoms with Gasteiger partial charge in [-0.3, -0.25) is 4.79 Å². The lowest BCUT2D eigenvalue weighted by Gasteiger charge is -2.21. The number of carbonyl (C=O) groups is 1. The fourth-order valence-corrected chi connectivity index (χ4v) is 2.80. The number of ether oxygens (including phenoxy) is 1. The van der Waals surface area contributed by atoms with Gasteiger partial charge in [0.05, 0.1) is 12.4 Å². The van der Waals surface area contributed by atoms with Crippen molar-refractivity contribution in [3.05, 3.63) is 0 Å². The van der Waals surface area contributed by atoms with Crippen LogP contribution in [0.15, 0.2) is 0 Å². The third-order valence-corrected chi connectivity index (χ3v) is 4.27. The first-order valence-electron chi connectivity index (χ1n) is 6.48. The molecule has 0 aromatic rings. The molecular weight excluding hydrogens is 254 g/mol. The second-order valence-corrected chi connectivity index (χ2v) is 7.42. The third kappa shape index (κ3) is 6.35. The van der Waals surface area contributed by atoms with Gasteiger partial charge in [-0.1, -0.05) is 19.3 Å². The van der Waals surface area contributed by atoms with Gasteiger partial charge < -0.3 is 10.5 Å². The van der Waals surface area contributed by atoms with Gasteiger partial charge in [-0.2, -0.15) is 0 Å². The Labute approximate surface area is 109 Å². The summed E-state index contributed by atoms with van der Waals surface area (Å²) in [5.41, 5.74) is 5.60. The van der Waals surface area contributed by atoms with Crippen LogP contribution in [0.2, 0.25) is 0 Å². The van der Waals surface area contributed by atoms with Gasteiger partial charge in [-0.25, -0.2) is 8.42 Å². The number of carbonyl (C=O) groups excluding carboxylic acids is 1. The molecule has 1 atom stereocenters. The Hall–Kier alpha value is -0.620. The topological polar surface area (TPSA) is 86.5 Å². The Bertz CT molecular complexity index is 360. The van der Waals surface area contributed by atoms with Crippen LogP contribution in [-0.2, 0) is 19.4 Å². The van der Waals surface area contributed by atoms with Crippen LogP contribution >= 0.6 is 0 Å². The summed E-state index contributed by atoms with van der Waals surface area (Å²) in [6.07, 6.45) is 7.12. The maximum atomic E-state index is 11.6. The normalized spacial score (nSPS) is 19.4. The molecule has 1 saturated carbocycles. The largest absolute Gasteiger partial charge is 0.464 e. The molecule has 0 amide bonds. The molecule has 1 rings (SSSR count). The van der Waals surface area contributed by atoms with Gasteiger partial charge in [0.25, 0.3) is 0 Å². The van der Waals surface area contributed by atoms with Gasteiger partial charge in [0.15, 0.2) is 0 Å². The number of rotatable bonds is 6. The molecule has 0 heterocycles. The fraction of sp³-hybridized carbons (Fsp3) is 0.917. The lowest BCUT2D eigenvalue weighted by atomic mass is 9.90. The van der Waals surface area contributed by atoms with E-state index >= 15 is 0 Å². The van der Waals surface area contributed by atoms with Gasteiger partial charge in [-0.15, -0.1) is 0 Å². The van der Waals surface area contributed by atoms with E-state index in [0.717, 1.165) is 19.1 Å². The Kier molecular flexibility index (Phi) is 6.08. The molecule has 0 aromatic carbocycles. The molecule has 1 aliphatic rings. The van der Waals surface area contributed by atoms with E-state index in [2.05, 4.69) is 0 Å². The highest BCUT2D eigenvalue weighted by Gasteiger charge is 2.20. The van der Waals surface area contributed by atoms with Crippen molar-refractivity contribution in [1.82, 2.24) is 0 Å². The smallest absolute Gasteiger partial charge is 0.322 e. The molecule has 2 N–H and O–H groups in total. The molecular formula is C12H23NO4S. The predicted octanol–water partition coefficient (Wildman–Crippen LogP) is 0.872. The summed E-state index contributed by atoms with van der Waals surface area (Å²) in [6.45, 7) is 0.422. The van der Waals surface area contributed by atoms with Crippen molar-refractivity contribution in [3.8, 4) is 0 Å². The number of hydrogen-bond donors (Lipinski definition) is 1. The molecule has 0 radical (unpaired) electrons. The molecule has 0 aliphatic heterocycles. The van der Waals surface area contributed by atoms with Crippen LogP contribution in [0.3, 0.4) is 0 Å². The van der Waals surface area contributed by atoms with Crippen molar-refractivity contribution in [1.29, 1.82) is 0 Å². The summed E-state index contributed by atoms with van der Waals surface area (Å²) in [6, 6.07) is -0.830. The molecule has 5 nitrogen and oxygen atoms in total. The molecule has 0 saturated heterocycles. The van der Waals surface area contributed by atoms with Crippen molar-refractivity contribution in [2.45, 2.75) is 44.6 Å². The van der Waals surface area contributed by atoms with Crippen molar-refractivity contribution < 1.29 is 17.9 Å². The molecule has 0 aromatic heterocycles. The lowest BCUT2D eigenvalue weighted by molar-refractivity contribution is -0.146. The van der Waals surface area contributed by atoms with Crippen molar-refractivity contribution in [2.24, 2.45) is 11.7 Å². The van der Waals surface area contributed by atoms with E-state index in [1.54, 1.807) is 0 Å². The zero-order valence-corrected chi connectivity index (χ0v) is 11.7. The Balaban J connectivity index is 2.22. The van der Waals surface area contributed by atoms with Crippen molar-refractivity contribution in [3.63, 3.8) is 0 Å². The molecule has 0 bridgehead atoms. The van der Waals surface area contributed by atoms with Crippen molar-refractivity contribution >= 4 is 15.8 Å². The van der Waals surface area contributed by atoms with E-state index in [-0.39, 0.29) is 12.2 Å². The molecule has 0 spiro atoms. The molecule has 6 heteroatoms. The Morgan fingerprint density at radius 2 is 1.94 bits per heavy atom. The summed E-state index contributed by atoms with van der Waals surface area (Å²) in [4.78, 5) is 11.6. The van der Waals surface area contributed by atoms with E-state index in [1.165, 1.54) is 19.3 Å². The van der Waals surface area contributed by atoms with Crippen LogP contribution in [0.1, 0.15) is 38.5 Å². The standard InChI is InChI=1S/C12H23NO4S/c1-18(15,16)8-7-11(13)12(14)17-9-10-5-3-2-4-6-10/h10-11H,2-9,13H2,1H3. The van der Waals surface area contributed by atoms with Gasteiger partial charge >= 0.3 is 5.97 Å². The third-order valence-electron chi connectivity index (χ3n) is 3.29. The molecule has 18 heavy (non-hydrogen) atoms. The highest BCUT2D eigenvalue weighted by atomic mass is 32.2. The summed E-state index contributed by atoms with van der Waals surface area (Å²) < 4.78 is 27.1. The van der Waals surface area contributed by atoms with Crippen LogP contribution < -0.4 is 5.73 Å². The average molecular weight is 277 g/mol. The minimum absolute atomic E-state index is 0.0767. The van der Waals surface area contributed by atoms with E-state index < -0.39 is 21.8 Å². The highest BCUT2D eigenvalue weighted by Crippen LogP contribution is 2.23. The monoisotopic (exact) mass is 277 g/mol. The van der Waals surface area contributed by atoms with E-state index in [4.69, 9.17) is 10.5 Å². The quantitative estimate of drug-likeness (QED) is 0.728. The van der Waals surface area contributed by atoms with Crippen LogP contribution in [0.25, 0.3) is 0 Å². The van der Waals surface area contributed by atoms with Crippen LogP contribution in [0.4, 0.5) is 0 Å². The average Bonchev–Trinajstić information content (AvgIpc) is 2.33. The lowest BCUT2D eigenvalue weighted by Crippen LogP contribution is -2.35. The number of esters is 1. The zero-order valence-electron chi connectivity index (χ0n) is 10.9. The zero-order chi connectivity index (χ0) is 13.6. The SMILES string of the molecule is CS(=O)(=O)CCC(N)C(=O)OCC1CCCCC1. The maximum absolute atomic E-state index is 11.6. The molecule has 1 unspecified atom stereocenters. The first-order valence-corrected chi connectivity index (χ1v) is 8.54. The summed E-state index contributed by atoms with van der Waals surface area (Å²) in [7, 11) is -3.08. The predicted molar refractivity (Wildman–Crippen MR) is 69.8 cm³/mol. The number of nitrogens with two attached hydrogens (primary N) is 1. The van der Waals surface area contributed by atoms with Crippen LogP contribution in [0, 0.1) is 5.92 Å². The van der Waals surface area contributed by atoms with Gasteiger partial charge in [0.2, 0.25) is 0 Å². The maximum Gasteiger partial charge on any atom is 0.322 e. The van der Waals surface area contributed by atoms with Crippen LogP contribution in [-0.4, -0.2) is 39.0 Å². The fourth-order valence-electron chi connectivity index (χ4n) is 2.12. The Morgan fingerprint density at radius 1 is 1.33 bits per heavy atom. The number of hydrogen-bond acceptors (Lipinski definition) is 5. The van der Waals surface area contributed by atoms with E-state index in [1.807, 2.05) is 0 Å². The van der Waals surface area contributed by atoms with Gasteiger partial charge in [0, 0.05) is 6.26 Å². The molecule has 106 valence electrons. The van der Waals surface area contributed by atoms with Gasteiger partial charge in [0.1, 0.15) is 15.9 Å². The van der Waals surface area contributed by atoms with Crippen LogP contribution in [0.5, 0.6) is 0 Å². The first kappa shape index (κ1) is 15.4. The molecule has 1 aliphatic carbocycles. The summed E-state index contributed by atoms with van der Waals surface area (Å²) >= 11 is 0. The molecule has 1 fully saturated rings. The summed E-state index contributed by atoms with van der Waals surface area (Å²) in [5, 5.41) is 0. The number of sulfone groups is 1. The minimum atomic E-state index is -3.08. The summed E-state index contributed by atoms with van der Waals surface area (Å²) in [5.74, 6) is -0.110. The van der Waals surface area contributed by atoms with Gasteiger partial charge in [-0.05, 0) is 25.2 Å². The first-order chi connectivity index (χ1) is 8.38. The second kappa shape index (κ2) is 7.09. The van der Waals surface area contributed by atoms with Crippen molar-refractivity contribution in [2.75, 3.05) is 18.6 Å². The Morgan fingerprint density at radius 3 is 2.50 bits per heavy atom.